The average Bonchev–Trinajstić information content (AvgIpc) is 2.12. The highest BCUT2D eigenvalue weighted by molar-refractivity contribution is 6.30. The predicted molar refractivity (Wildman–Crippen MR) is 69.7 cm³/mol. The molecule has 0 heterocycles. The summed E-state index contributed by atoms with van der Waals surface area (Å²) in [6.45, 7) is 6.65. The third-order valence-corrected chi connectivity index (χ3v) is 2.06. The van der Waals surface area contributed by atoms with Crippen LogP contribution >= 0.6 is 11.6 Å². The molecule has 0 saturated heterocycles. The second-order valence-corrected chi connectivity index (χ2v) is 5.14. The molecule has 1 rings (SSSR count). The molecule has 3 nitrogen and oxygen atoms in total. The van der Waals surface area contributed by atoms with Gasteiger partial charge >= 0.3 is 0 Å². The van der Waals surface area contributed by atoms with Crippen molar-refractivity contribution in [1.82, 2.24) is 5.32 Å². The lowest BCUT2D eigenvalue weighted by Gasteiger charge is -2.20. The summed E-state index contributed by atoms with van der Waals surface area (Å²) in [5, 5.41) is 3.82. The van der Waals surface area contributed by atoms with E-state index in [1.165, 1.54) is 0 Å². The van der Waals surface area contributed by atoms with Crippen LogP contribution < -0.4 is 11.1 Å². The Bertz CT molecular complexity index is 380. The summed E-state index contributed by atoms with van der Waals surface area (Å²) < 4.78 is 0. The fourth-order valence-electron chi connectivity index (χ4n) is 1.24. The van der Waals surface area contributed by atoms with Gasteiger partial charge in [-0.15, -0.1) is 0 Å². The van der Waals surface area contributed by atoms with Gasteiger partial charge in [-0.05, 0) is 38.5 Å². The molecule has 0 aromatic heterocycles. The highest BCUT2D eigenvalue weighted by Gasteiger charge is 2.09. The molecule has 88 valence electrons. The zero-order chi connectivity index (χ0) is 12.2. The molecular formula is C12H18ClN3. The van der Waals surface area contributed by atoms with E-state index in [-0.39, 0.29) is 5.54 Å². The van der Waals surface area contributed by atoms with Crippen LogP contribution in [-0.2, 0) is 6.54 Å². The maximum Gasteiger partial charge on any atom is 0.189 e. The van der Waals surface area contributed by atoms with Crippen molar-refractivity contribution in [3.63, 3.8) is 0 Å². The lowest BCUT2D eigenvalue weighted by atomic mass is 10.1. The monoisotopic (exact) mass is 239 g/mol. The minimum absolute atomic E-state index is 0.0675. The number of nitrogens with one attached hydrogen (secondary N) is 1. The number of rotatable bonds is 2. The summed E-state index contributed by atoms with van der Waals surface area (Å²) in [6.07, 6.45) is 0. The van der Waals surface area contributed by atoms with E-state index < -0.39 is 0 Å². The SMILES string of the molecule is CC(C)(C)NC(N)=NCc1cccc(Cl)c1. The molecule has 1 aromatic rings. The molecule has 0 aliphatic carbocycles. The molecule has 0 unspecified atom stereocenters. The molecule has 0 saturated carbocycles. The molecule has 0 radical (unpaired) electrons. The molecule has 1 aromatic carbocycles. The minimum Gasteiger partial charge on any atom is -0.370 e. The van der Waals surface area contributed by atoms with Crippen molar-refractivity contribution in [2.75, 3.05) is 0 Å². The van der Waals surface area contributed by atoms with Crippen molar-refractivity contribution in [2.24, 2.45) is 10.7 Å². The van der Waals surface area contributed by atoms with Crippen LogP contribution in [-0.4, -0.2) is 11.5 Å². The minimum atomic E-state index is -0.0675. The van der Waals surface area contributed by atoms with Crippen LogP contribution in [0.1, 0.15) is 26.3 Å². The number of aliphatic imine (C=N–C) groups is 1. The average molecular weight is 240 g/mol. The van der Waals surface area contributed by atoms with Crippen LogP contribution in [0.4, 0.5) is 0 Å². The Balaban J connectivity index is 2.59. The Morgan fingerprint density at radius 3 is 2.69 bits per heavy atom. The molecule has 0 fully saturated rings. The lowest BCUT2D eigenvalue weighted by Crippen LogP contribution is -2.44. The Kier molecular flexibility index (Phi) is 4.19. The Hall–Kier alpha value is -1.22. The van der Waals surface area contributed by atoms with E-state index in [9.17, 15) is 0 Å². The summed E-state index contributed by atoms with van der Waals surface area (Å²) in [4.78, 5) is 4.25. The van der Waals surface area contributed by atoms with Crippen LogP contribution in [0.2, 0.25) is 5.02 Å². The Morgan fingerprint density at radius 2 is 2.12 bits per heavy atom. The number of halogens is 1. The van der Waals surface area contributed by atoms with Gasteiger partial charge in [-0.1, -0.05) is 23.7 Å². The molecule has 0 bridgehead atoms. The molecule has 0 aliphatic heterocycles. The highest BCUT2D eigenvalue weighted by Crippen LogP contribution is 2.11. The predicted octanol–water partition coefficient (Wildman–Crippen LogP) is 2.54. The summed E-state index contributed by atoms with van der Waals surface area (Å²) >= 11 is 5.87. The normalized spacial score (nSPS) is 12.6. The van der Waals surface area contributed by atoms with Crippen LogP contribution in [0.3, 0.4) is 0 Å². The van der Waals surface area contributed by atoms with Gasteiger partial charge < -0.3 is 11.1 Å². The fraction of sp³-hybridized carbons (Fsp3) is 0.417. The van der Waals surface area contributed by atoms with E-state index in [4.69, 9.17) is 17.3 Å². The van der Waals surface area contributed by atoms with Gasteiger partial charge in [-0.2, -0.15) is 0 Å². The zero-order valence-electron chi connectivity index (χ0n) is 9.92. The lowest BCUT2D eigenvalue weighted by molar-refractivity contribution is 0.508. The zero-order valence-corrected chi connectivity index (χ0v) is 10.7. The summed E-state index contributed by atoms with van der Waals surface area (Å²) in [6, 6.07) is 7.60. The van der Waals surface area contributed by atoms with E-state index in [0.717, 1.165) is 10.6 Å². The number of benzene rings is 1. The molecule has 0 amide bonds. The quantitative estimate of drug-likeness (QED) is 0.616. The van der Waals surface area contributed by atoms with Crippen molar-refractivity contribution >= 4 is 17.6 Å². The van der Waals surface area contributed by atoms with E-state index in [0.29, 0.717) is 12.5 Å². The molecule has 0 atom stereocenters. The Labute approximate surface area is 102 Å². The van der Waals surface area contributed by atoms with Gasteiger partial charge in [0.1, 0.15) is 0 Å². The molecule has 0 spiro atoms. The first kappa shape index (κ1) is 12.8. The summed E-state index contributed by atoms with van der Waals surface area (Å²) in [5.41, 5.74) is 6.73. The van der Waals surface area contributed by atoms with Crippen molar-refractivity contribution < 1.29 is 0 Å². The van der Waals surface area contributed by atoms with Crippen LogP contribution in [0.25, 0.3) is 0 Å². The van der Waals surface area contributed by atoms with Crippen LogP contribution in [0, 0.1) is 0 Å². The molecule has 3 N–H and O–H groups in total. The number of hydrogen-bond donors (Lipinski definition) is 2. The van der Waals surface area contributed by atoms with Gasteiger partial charge in [0.2, 0.25) is 0 Å². The first-order valence-electron chi connectivity index (χ1n) is 5.19. The first-order valence-corrected chi connectivity index (χ1v) is 5.57. The number of nitrogens with two attached hydrogens (primary N) is 1. The van der Waals surface area contributed by atoms with E-state index in [1.807, 2.05) is 45.0 Å². The largest absolute Gasteiger partial charge is 0.370 e. The van der Waals surface area contributed by atoms with Gasteiger partial charge in [0.05, 0.1) is 6.54 Å². The first-order chi connectivity index (χ1) is 7.37. The number of nitrogens with zero attached hydrogens (tertiary/aromatic N) is 1. The fourth-order valence-corrected chi connectivity index (χ4v) is 1.45. The summed E-state index contributed by atoms with van der Waals surface area (Å²) in [5.74, 6) is 0.451. The maximum absolute atomic E-state index is 5.87. The van der Waals surface area contributed by atoms with Gasteiger partial charge in [0.15, 0.2) is 5.96 Å². The smallest absolute Gasteiger partial charge is 0.189 e. The van der Waals surface area contributed by atoms with Gasteiger partial charge in [-0.3, -0.25) is 0 Å². The maximum atomic E-state index is 5.87. The standard InChI is InChI=1S/C12H18ClN3/c1-12(2,3)16-11(14)15-8-9-5-4-6-10(13)7-9/h4-7H,8H2,1-3H3,(H3,14,15,16). The molecule has 4 heteroatoms. The summed E-state index contributed by atoms with van der Waals surface area (Å²) in [7, 11) is 0. The molecule has 0 aliphatic rings. The van der Waals surface area contributed by atoms with Gasteiger partial charge in [-0.25, -0.2) is 4.99 Å². The number of guanidine groups is 1. The topological polar surface area (TPSA) is 50.4 Å². The second kappa shape index (κ2) is 5.21. The molecule has 16 heavy (non-hydrogen) atoms. The third kappa shape index (κ3) is 5.03. The second-order valence-electron chi connectivity index (χ2n) is 4.71. The van der Waals surface area contributed by atoms with E-state index in [1.54, 1.807) is 0 Å². The van der Waals surface area contributed by atoms with Crippen molar-refractivity contribution in [2.45, 2.75) is 32.9 Å². The van der Waals surface area contributed by atoms with Crippen molar-refractivity contribution in [3.8, 4) is 0 Å². The van der Waals surface area contributed by atoms with Gasteiger partial charge in [0.25, 0.3) is 0 Å². The highest BCUT2D eigenvalue weighted by atomic mass is 35.5. The van der Waals surface area contributed by atoms with Crippen LogP contribution in [0.15, 0.2) is 29.3 Å². The Morgan fingerprint density at radius 1 is 1.44 bits per heavy atom. The van der Waals surface area contributed by atoms with Crippen LogP contribution in [0.5, 0.6) is 0 Å². The van der Waals surface area contributed by atoms with Gasteiger partial charge in [0, 0.05) is 10.6 Å². The van der Waals surface area contributed by atoms with E-state index in [2.05, 4.69) is 10.3 Å². The third-order valence-electron chi connectivity index (χ3n) is 1.82. The van der Waals surface area contributed by atoms with Crippen molar-refractivity contribution in [3.05, 3.63) is 34.9 Å². The molecular weight excluding hydrogens is 222 g/mol. The van der Waals surface area contributed by atoms with E-state index >= 15 is 0 Å². The van der Waals surface area contributed by atoms with Crippen molar-refractivity contribution in [1.29, 1.82) is 0 Å². The number of hydrogen-bond acceptors (Lipinski definition) is 1.